The number of rotatable bonds is 3. The number of hydrogen-bond acceptors (Lipinski definition) is 1. The molecular weight excluding hydrogens is 339 g/mol. The highest BCUT2D eigenvalue weighted by molar-refractivity contribution is 5.88. The van der Waals surface area contributed by atoms with Crippen molar-refractivity contribution in [2.45, 2.75) is 13.1 Å². The molecule has 0 heterocycles. The van der Waals surface area contributed by atoms with E-state index in [0.29, 0.717) is 10.8 Å². The molecule has 0 radical (unpaired) electrons. The van der Waals surface area contributed by atoms with Gasteiger partial charge in [-0.25, -0.2) is 8.78 Å². The molecular formula is C19H13F5O. The third kappa shape index (κ3) is 3.43. The van der Waals surface area contributed by atoms with E-state index < -0.39 is 23.4 Å². The molecule has 0 unspecified atom stereocenters. The number of alkyl halides is 3. The number of ether oxygens (including phenoxy) is 1. The van der Waals surface area contributed by atoms with E-state index in [1.165, 1.54) is 24.3 Å². The summed E-state index contributed by atoms with van der Waals surface area (Å²) in [7, 11) is 0. The van der Waals surface area contributed by atoms with Gasteiger partial charge in [-0.2, -0.15) is 13.2 Å². The molecule has 6 heteroatoms. The fourth-order valence-electron chi connectivity index (χ4n) is 2.65. The second-order valence-electron chi connectivity index (χ2n) is 5.47. The molecule has 0 aliphatic rings. The first-order chi connectivity index (χ1) is 11.8. The maximum absolute atomic E-state index is 14.3. The van der Waals surface area contributed by atoms with E-state index in [0.717, 1.165) is 24.3 Å². The van der Waals surface area contributed by atoms with Crippen molar-refractivity contribution in [2.75, 3.05) is 6.61 Å². The summed E-state index contributed by atoms with van der Waals surface area (Å²) in [5.41, 5.74) is -0.776. The molecule has 1 nitrogen and oxygen atoms in total. The van der Waals surface area contributed by atoms with E-state index in [-0.39, 0.29) is 23.5 Å². The van der Waals surface area contributed by atoms with Crippen molar-refractivity contribution in [1.29, 1.82) is 0 Å². The lowest BCUT2D eigenvalue weighted by Gasteiger charge is -2.11. The van der Waals surface area contributed by atoms with Crippen molar-refractivity contribution in [3.05, 3.63) is 65.7 Å². The van der Waals surface area contributed by atoms with Crippen LogP contribution in [0.4, 0.5) is 22.0 Å². The zero-order chi connectivity index (χ0) is 18.2. The van der Waals surface area contributed by atoms with Crippen molar-refractivity contribution in [2.24, 2.45) is 0 Å². The molecule has 0 saturated carbocycles. The summed E-state index contributed by atoms with van der Waals surface area (Å²) in [5.74, 6) is -1.51. The van der Waals surface area contributed by atoms with Crippen LogP contribution in [0.1, 0.15) is 12.5 Å². The van der Waals surface area contributed by atoms with Crippen LogP contribution in [0.3, 0.4) is 0 Å². The molecule has 0 aliphatic carbocycles. The topological polar surface area (TPSA) is 9.23 Å². The van der Waals surface area contributed by atoms with E-state index >= 15 is 0 Å². The molecule has 0 N–H and O–H groups in total. The molecule has 3 aromatic carbocycles. The first-order valence-corrected chi connectivity index (χ1v) is 7.53. The summed E-state index contributed by atoms with van der Waals surface area (Å²) in [6, 6.07) is 9.65. The highest BCUT2D eigenvalue weighted by atomic mass is 19.4. The van der Waals surface area contributed by atoms with Crippen molar-refractivity contribution in [1.82, 2.24) is 0 Å². The van der Waals surface area contributed by atoms with Gasteiger partial charge < -0.3 is 4.74 Å². The first kappa shape index (κ1) is 17.2. The Morgan fingerprint density at radius 2 is 1.44 bits per heavy atom. The molecule has 0 aliphatic heterocycles. The van der Waals surface area contributed by atoms with Crippen molar-refractivity contribution in [3.63, 3.8) is 0 Å². The Bertz CT molecular complexity index is 908. The molecule has 0 atom stereocenters. The SMILES string of the molecule is CCOc1cc(F)c(-c2ccc3cc(C(F)(F)F)ccc3c2)c(F)c1. The van der Waals surface area contributed by atoms with Gasteiger partial charge in [0.25, 0.3) is 0 Å². The highest BCUT2D eigenvalue weighted by Crippen LogP contribution is 2.34. The third-order valence-corrected chi connectivity index (χ3v) is 3.78. The summed E-state index contributed by atoms with van der Waals surface area (Å²) in [6.45, 7) is 1.97. The molecule has 3 aromatic rings. The Kier molecular flexibility index (Phi) is 4.37. The minimum Gasteiger partial charge on any atom is -0.494 e. The van der Waals surface area contributed by atoms with E-state index in [9.17, 15) is 22.0 Å². The summed E-state index contributed by atoms with van der Waals surface area (Å²) >= 11 is 0. The molecule has 0 amide bonds. The lowest BCUT2D eigenvalue weighted by molar-refractivity contribution is -0.137. The van der Waals surface area contributed by atoms with Gasteiger partial charge in [0.2, 0.25) is 0 Å². The van der Waals surface area contributed by atoms with Crippen molar-refractivity contribution in [3.8, 4) is 16.9 Å². The van der Waals surface area contributed by atoms with Gasteiger partial charge in [0.15, 0.2) is 0 Å². The smallest absolute Gasteiger partial charge is 0.416 e. The van der Waals surface area contributed by atoms with Crippen molar-refractivity contribution < 1.29 is 26.7 Å². The van der Waals surface area contributed by atoms with Gasteiger partial charge >= 0.3 is 6.18 Å². The van der Waals surface area contributed by atoms with Crippen LogP contribution >= 0.6 is 0 Å². The summed E-state index contributed by atoms with van der Waals surface area (Å²) < 4.78 is 71.9. The quantitative estimate of drug-likeness (QED) is 0.510. The van der Waals surface area contributed by atoms with Gasteiger partial charge in [0.05, 0.1) is 17.7 Å². The van der Waals surface area contributed by atoms with Gasteiger partial charge in [0.1, 0.15) is 17.4 Å². The van der Waals surface area contributed by atoms with Crippen LogP contribution < -0.4 is 4.74 Å². The maximum atomic E-state index is 14.3. The third-order valence-electron chi connectivity index (χ3n) is 3.78. The van der Waals surface area contributed by atoms with Gasteiger partial charge in [-0.15, -0.1) is 0 Å². The minimum absolute atomic E-state index is 0.0804. The van der Waals surface area contributed by atoms with Crippen LogP contribution in [-0.4, -0.2) is 6.61 Å². The first-order valence-electron chi connectivity index (χ1n) is 7.53. The van der Waals surface area contributed by atoms with Gasteiger partial charge in [-0.05, 0) is 41.5 Å². The predicted molar refractivity (Wildman–Crippen MR) is 85.5 cm³/mol. The summed E-state index contributed by atoms with van der Waals surface area (Å²) in [4.78, 5) is 0. The monoisotopic (exact) mass is 352 g/mol. The van der Waals surface area contributed by atoms with Gasteiger partial charge in [-0.3, -0.25) is 0 Å². The Labute approximate surface area is 140 Å². The van der Waals surface area contributed by atoms with Gasteiger partial charge in [0, 0.05) is 12.1 Å². The average Bonchev–Trinajstić information content (AvgIpc) is 2.53. The van der Waals surface area contributed by atoms with Crippen LogP contribution in [0.25, 0.3) is 21.9 Å². The number of benzene rings is 3. The fraction of sp³-hybridized carbons (Fsp3) is 0.158. The van der Waals surface area contributed by atoms with Crippen molar-refractivity contribution >= 4 is 10.8 Å². The second-order valence-corrected chi connectivity index (χ2v) is 5.47. The summed E-state index contributed by atoms with van der Waals surface area (Å²) in [5, 5.41) is 0.795. The molecule has 130 valence electrons. The van der Waals surface area contributed by atoms with E-state index in [1.807, 2.05) is 0 Å². The normalized spacial score (nSPS) is 11.8. The minimum atomic E-state index is -4.44. The second kappa shape index (κ2) is 6.35. The standard InChI is InChI=1S/C19H13F5O/c1-2-25-15-9-16(20)18(17(21)10-15)13-4-3-12-8-14(19(22,23)24)6-5-11(12)7-13/h3-10H,2H2,1H3. The van der Waals surface area contributed by atoms with Crippen LogP contribution in [-0.2, 0) is 6.18 Å². The Morgan fingerprint density at radius 3 is 2.04 bits per heavy atom. The highest BCUT2D eigenvalue weighted by Gasteiger charge is 2.30. The van der Waals surface area contributed by atoms with E-state index in [1.54, 1.807) is 6.92 Å². The number of halogens is 5. The Hall–Kier alpha value is -2.63. The van der Waals surface area contributed by atoms with E-state index in [4.69, 9.17) is 4.74 Å². The summed E-state index contributed by atoms with van der Waals surface area (Å²) in [6.07, 6.45) is -4.44. The zero-order valence-electron chi connectivity index (χ0n) is 13.1. The van der Waals surface area contributed by atoms with Crippen LogP contribution in [0.5, 0.6) is 5.75 Å². The average molecular weight is 352 g/mol. The molecule has 25 heavy (non-hydrogen) atoms. The largest absolute Gasteiger partial charge is 0.494 e. The molecule has 0 spiro atoms. The lowest BCUT2D eigenvalue weighted by atomic mass is 9.99. The lowest BCUT2D eigenvalue weighted by Crippen LogP contribution is -2.04. The number of fused-ring (bicyclic) bond motifs is 1. The van der Waals surface area contributed by atoms with Gasteiger partial charge in [-0.1, -0.05) is 18.2 Å². The van der Waals surface area contributed by atoms with Crippen LogP contribution in [0.15, 0.2) is 48.5 Å². The van der Waals surface area contributed by atoms with Crippen LogP contribution in [0.2, 0.25) is 0 Å². The fourth-order valence-corrected chi connectivity index (χ4v) is 2.65. The Balaban J connectivity index is 2.08. The number of hydrogen-bond donors (Lipinski definition) is 0. The molecule has 3 rings (SSSR count). The predicted octanol–water partition coefficient (Wildman–Crippen LogP) is 6.20. The van der Waals surface area contributed by atoms with Crippen LogP contribution in [0, 0.1) is 11.6 Å². The molecule has 0 bridgehead atoms. The Morgan fingerprint density at radius 1 is 0.840 bits per heavy atom. The van der Waals surface area contributed by atoms with E-state index in [2.05, 4.69) is 0 Å². The molecule has 0 fully saturated rings. The molecule has 0 aromatic heterocycles. The zero-order valence-corrected chi connectivity index (χ0v) is 13.1. The maximum Gasteiger partial charge on any atom is 0.416 e. The molecule has 0 saturated heterocycles.